The zero-order valence-electron chi connectivity index (χ0n) is 10.7. The minimum Gasteiger partial charge on any atom is -0.480 e. The van der Waals surface area contributed by atoms with Gasteiger partial charge < -0.3 is 10.2 Å². The number of aliphatic carboxylic acids is 1. The largest absolute Gasteiger partial charge is 0.480 e. The fourth-order valence-electron chi connectivity index (χ4n) is 2.21. The van der Waals surface area contributed by atoms with E-state index in [1.54, 1.807) is 24.4 Å². The lowest BCUT2D eigenvalue weighted by atomic mass is 10.2. The molecule has 110 valence electrons. The summed E-state index contributed by atoms with van der Waals surface area (Å²) in [6.45, 7) is -0.165. The van der Waals surface area contributed by atoms with Gasteiger partial charge >= 0.3 is 5.97 Å². The molecule has 7 nitrogen and oxygen atoms in total. The molecule has 0 bridgehead atoms. The molecule has 0 unspecified atom stereocenters. The van der Waals surface area contributed by atoms with Crippen LogP contribution in [0.4, 0.5) is 0 Å². The van der Waals surface area contributed by atoms with Crippen LogP contribution in [0, 0.1) is 0 Å². The topological polar surface area (TPSA) is 108 Å². The lowest BCUT2D eigenvalue weighted by Gasteiger charge is -2.20. The lowest BCUT2D eigenvalue weighted by molar-refractivity contribution is -0.140. The molecule has 1 aromatic rings. The molecule has 0 radical (unpaired) electrons. The van der Waals surface area contributed by atoms with E-state index >= 15 is 0 Å². The molecule has 2 atom stereocenters. The van der Waals surface area contributed by atoms with Crippen molar-refractivity contribution in [3.05, 3.63) is 30.1 Å². The number of hydrogen-bond donors (Lipinski definition) is 2. The molecule has 0 spiro atoms. The predicted octanol–water partition coefficient (Wildman–Crippen LogP) is -0.526. The second-order valence-electron chi connectivity index (χ2n) is 4.70. The number of pyridine rings is 1. The van der Waals surface area contributed by atoms with E-state index in [1.165, 1.54) is 0 Å². The maximum absolute atomic E-state index is 12.2. The number of aliphatic hydroxyl groups is 1. The van der Waals surface area contributed by atoms with Crippen LogP contribution in [0.15, 0.2) is 24.4 Å². The number of carboxylic acids is 1. The summed E-state index contributed by atoms with van der Waals surface area (Å²) in [7, 11) is -3.73. The van der Waals surface area contributed by atoms with E-state index in [9.17, 15) is 18.3 Å². The van der Waals surface area contributed by atoms with Gasteiger partial charge in [-0.15, -0.1) is 0 Å². The van der Waals surface area contributed by atoms with Crippen LogP contribution in [-0.4, -0.2) is 58.3 Å². The maximum atomic E-state index is 12.2. The van der Waals surface area contributed by atoms with E-state index in [0.717, 1.165) is 4.31 Å². The number of hydrogen-bond acceptors (Lipinski definition) is 5. The SMILES string of the molecule is O=C(O)[C@@H]1C[C@@H](O)CN1S(=O)(=O)CCc1ccccn1. The summed E-state index contributed by atoms with van der Waals surface area (Å²) in [4.78, 5) is 15.1. The number of sulfonamides is 1. The van der Waals surface area contributed by atoms with Crippen LogP contribution in [0.1, 0.15) is 12.1 Å². The van der Waals surface area contributed by atoms with E-state index in [1.807, 2.05) is 0 Å². The number of nitrogens with zero attached hydrogens (tertiary/aromatic N) is 2. The molecular formula is C12H16N2O5S. The van der Waals surface area contributed by atoms with Gasteiger partial charge in [0.15, 0.2) is 0 Å². The zero-order chi connectivity index (χ0) is 14.8. The molecule has 2 rings (SSSR count). The van der Waals surface area contributed by atoms with Crippen molar-refractivity contribution >= 4 is 16.0 Å². The first-order chi connectivity index (χ1) is 9.40. The Morgan fingerprint density at radius 2 is 2.20 bits per heavy atom. The summed E-state index contributed by atoms with van der Waals surface area (Å²) in [6.07, 6.45) is 0.780. The van der Waals surface area contributed by atoms with Gasteiger partial charge in [0, 0.05) is 31.3 Å². The molecule has 0 aliphatic carbocycles. The van der Waals surface area contributed by atoms with Gasteiger partial charge in [-0.05, 0) is 12.1 Å². The second kappa shape index (κ2) is 5.86. The number of aryl methyl sites for hydroxylation is 1. The standard InChI is InChI=1S/C12H16N2O5S/c15-10-7-11(12(16)17)14(8-10)20(18,19)6-4-9-3-1-2-5-13-9/h1-3,5,10-11,15H,4,6-8H2,(H,16,17)/t10-,11+/m1/s1. The molecule has 0 amide bonds. The first-order valence-electron chi connectivity index (χ1n) is 6.20. The Hall–Kier alpha value is -1.51. The van der Waals surface area contributed by atoms with Gasteiger partial charge in [0.05, 0.1) is 11.9 Å². The fourth-order valence-corrected chi connectivity index (χ4v) is 3.88. The van der Waals surface area contributed by atoms with Gasteiger partial charge in [0.25, 0.3) is 0 Å². The predicted molar refractivity (Wildman–Crippen MR) is 70.5 cm³/mol. The first-order valence-corrected chi connectivity index (χ1v) is 7.81. The van der Waals surface area contributed by atoms with Gasteiger partial charge in [-0.1, -0.05) is 6.07 Å². The normalized spacial score (nSPS) is 23.9. The van der Waals surface area contributed by atoms with Crippen molar-refractivity contribution in [1.29, 1.82) is 0 Å². The smallest absolute Gasteiger partial charge is 0.322 e. The molecule has 1 fully saturated rings. The Labute approximate surface area is 116 Å². The molecule has 2 N–H and O–H groups in total. The summed E-state index contributed by atoms with van der Waals surface area (Å²) in [5, 5.41) is 18.5. The van der Waals surface area contributed by atoms with Gasteiger partial charge in [-0.25, -0.2) is 8.42 Å². The highest BCUT2D eigenvalue weighted by molar-refractivity contribution is 7.89. The van der Waals surface area contributed by atoms with Gasteiger partial charge in [-0.2, -0.15) is 4.31 Å². The van der Waals surface area contributed by atoms with Crippen molar-refractivity contribution in [1.82, 2.24) is 9.29 Å². The van der Waals surface area contributed by atoms with Crippen LogP contribution in [0.5, 0.6) is 0 Å². The average Bonchev–Trinajstić information content (AvgIpc) is 2.81. The van der Waals surface area contributed by atoms with E-state index in [0.29, 0.717) is 5.69 Å². The van der Waals surface area contributed by atoms with E-state index in [-0.39, 0.29) is 25.1 Å². The molecule has 2 heterocycles. The van der Waals surface area contributed by atoms with E-state index in [2.05, 4.69) is 4.98 Å². The first kappa shape index (κ1) is 14.9. The molecular weight excluding hydrogens is 284 g/mol. The Bertz CT molecular complexity index is 575. The summed E-state index contributed by atoms with van der Waals surface area (Å²) in [5.74, 6) is -1.46. The van der Waals surface area contributed by atoms with Crippen LogP contribution >= 0.6 is 0 Å². The molecule has 0 saturated carbocycles. The highest BCUT2D eigenvalue weighted by Crippen LogP contribution is 2.22. The molecule has 0 aromatic carbocycles. The number of rotatable bonds is 5. The average molecular weight is 300 g/mol. The monoisotopic (exact) mass is 300 g/mol. The quantitative estimate of drug-likeness (QED) is 0.757. The van der Waals surface area contributed by atoms with Crippen molar-refractivity contribution in [2.45, 2.75) is 25.0 Å². The minimum absolute atomic E-state index is 0.0713. The number of carbonyl (C=O) groups is 1. The van der Waals surface area contributed by atoms with Crippen LogP contribution in [0.3, 0.4) is 0 Å². The maximum Gasteiger partial charge on any atom is 0.322 e. The number of aliphatic hydroxyl groups excluding tert-OH is 1. The molecule has 20 heavy (non-hydrogen) atoms. The van der Waals surface area contributed by atoms with Gasteiger partial charge in [0.2, 0.25) is 10.0 Å². The van der Waals surface area contributed by atoms with Crippen molar-refractivity contribution in [3.63, 3.8) is 0 Å². The summed E-state index contributed by atoms with van der Waals surface area (Å²) in [5.41, 5.74) is 0.627. The Morgan fingerprint density at radius 3 is 2.80 bits per heavy atom. The highest BCUT2D eigenvalue weighted by atomic mass is 32.2. The molecule has 1 aliphatic rings. The fraction of sp³-hybridized carbons (Fsp3) is 0.500. The van der Waals surface area contributed by atoms with Crippen LogP contribution in [0.25, 0.3) is 0 Å². The van der Waals surface area contributed by atoms with Crippen molar-refractivity contribution in [2.75, 3.05) is 12.3 Å². The van der Waals surface area contributed by atoms with E-state index in [4.69, 9.17) is 5.11 Å². The summed E-state index contributed by atoms with van der Waals surface area (Å²) in [6, 6.07) is 4.02. The van der Waals surface area contributed by atoms with Crippen molar-refractivity contribution in [2.24, 2.45) is 0 Å². The third-order valence-electron chi connectivity index (χ3n) is 3.22. The number of carboxylic acid groups (broad SMARTS) is 1. The van der Waals surface area contributed by atoms with Gasteiger partial charge in [0.1, 0.15) is 6.04 Å². The summed E-state index contributed by atoms with van der Waals surface area (Å²) >= 11 is 0. The second-order valence-corrected chi connectivity index (χ2v) is 6.74. The molecule has 1 saturated heterocycles. The van der Waals surface area contributed by atoms with Crippen LogP contribution in [-0.2, 0) is 21.2 Å². The molecule has 8 heteroatoms. The lowest BCUT2D eigenvalue weighted by Crippen LogP contribution is -2.42. The van der Waals surface area contributed by atoms with Gasteiger partial charge in [-0.3, -0.25) is 9.78 Å². The van der Waals surface area contributed by atoms with Crippen LogP contribution in [0.2, 0.25) is 0 Å². The minimum atomic E-state index is -3.73. The van der Waals surface area contributed by atoms with Crippen LogP contribution < -0.4 is 0 Å². The Kier molecular flexibility index (Phi) is 4.36. The zero-order valence-corrected chi connectivity index (χ0v) is 11.5. The molecule has 1 aliphatic heterocycles. The molecule has 1 aromatic heterocycles. The van der Waals surface area contributed by atoms with Crippen molar-refractivity contribution < 1.29 is 23.4 Å². The third-order valence-corrected chi connectivity index (χ3v) is 5.06. The Morgan fingerprint density at radius 1 is 1.45 bits per heavy atom. The highest BCUT2D eigenvalue weighted by Gasteiger charge is 2.42. The summed E-state index contributed by atoms with van der Waals surface area (Å²) < 4.78 is 25.3. The number of β-amino-alcohol motifs (C(OH)–C–C–N with tert-alkyl or cyclic N) is 1. The van der Waals surface area contributed by atoms with E-state index < -0.39 is 28.1 Å². The number of aromatic nitrogens is 1. The Balaban J connectivity index is 2.08. The van der Waals surface area contributed by atoms with Crippen molar-refractivity contribution in [3.8, 4) is 0 Å². The third kappa shape index (κ3) is 3.33.